The molecule has 96 valence electrons. The van der Waals surface area contributed by atoms with E-state index in [0.717, 1.165) is 12.1 Å². The molecule has 0 aliphatic heterocycles. The zero-order chi connectivity index (χ0) is 13.4. The van der Waals surface area contributed by atoms with Crippen LogP contribution in [-0.4, -0.2) is 19.6 Å². The van der Waals surface area contributed by atoms with Gasteiger partial charge in [0.25, 0.3) is 0 Å². The van der Waals surface area contributed by atoms with Crippen LogP contribution >= 0.6 is 11.6 Å². The van der Waals surface area contributed by atoms with Crippen molar-refractivity contribution in [2.45, 2.75) is 6.42 Å². The van der Waals surface area contributed by atoms with Crippen molar-refractivity contribution >= 4 is 17.2 Å². The first-order valence-corrected chi connectivity index (χ1v) is 5.80. The summed E-state index contributed by atoms with van der Waals surface area (Å²) < 4.78 is 27.6. The monoisotopic (exact) mass is 280 g/mol. The van der Waals surface area contributed by atoms with Crippen LogP contribution in [0.4, 0.5) is 8.78 Å². The van der Waals surface area contributed by atoms with Gasteiger partial charge in [0.2, 0.25) is 0 Å². The molecule has 0 saturated carbocycles. The van der Waals surface area contributed by atoms with E-state index in [-0.39, 0.29) is 0 Å². The van der Waals surface area contributed by atoms with Crippen LogP contribution in [0.1, 0.15) is 11.4 Å². The van der Waals surface area contributed by atoms with Crippen molar-refractivity contribution in [1.82, 2.24) is 19.6 Å². The van der Waals surface area contributed by atoms with Gasteiger partial charge in [0.1, 0.15) is 11.0 Å². The van der Waals surface area contributed by atoms with Crippen LogP contribution in [-0.2, 0) is 6.42 Å². The van der Waals surface area contributed by atoms with Gasteiger partial charge in [-0.15, -0.1) is 10.2 Å². The van der Waals surface area contributed by atoms with Gasteiger partial charge in [-0.05, 0) is 17.7 Å². The van der Waals surface area contributed by atoms with Crippen LogP contribution in [0.2, 0.25) is 5.15 Å². The van der Waals surface area contributed by atoms with E-state index in [1.807, 2.05) is 0 Å². The van der Waals surface area contributed by atoms with Gasteiger partial charge < -0.3 is 0 Å². The Bertz CT molecular complexity index is 757. The van der Waals surface area contributed by atoms with Crippen LogP contribution in [0.3, 0.4) is 0 Å². The highest BCUT2D eigenvalue weighted by Gasteiger charge is 2.11. The van der Waals surface area contributed by atoms with Gasteiger partial charge in [0, 0.05) is 6.42 Å². The van der Waals surface area contributed by atoms with Gasteiger partial charge in [-0.3, -0.25) is 9.38 Å². The van der Waals surface area contributed by atoms with E-state index in [0.29, 0.717) is 28.6 Å². The van der Waals surface area contributed by atoms with Crippen molar-refractivity contribution in [1.29, 1.82) is 0 Å². The smallest absolute Gasteiger partial charge is 0.180 e. The molecule has 3 rings (SSSR count). The van der Waals surface area contributed by atoms with Gasteiger partial charge in [0.15, 0.2) is 17.3 Å². The summed E-state index contributed by atoms with van der Waals surface area (Å²) >= 11 is 6.01. The SMILES string of the molecule is Fc1ccc(Cc2nnc3cncc(Cl)n23)cc1F. The second-order valence-electron chi connectivity index (χ2n) is 3.97. The first-order chi connectivity index (χ1) is 9.15. The molecule has 0 fully saturated rings. The lowest BCUT2D eigenvalue weighted by atomic mass is 10.1. The van der Waals surface area contributed by atoms with Crippen LogP contribution < -0.4 is 0 Å². The highest BCUT2D eigenvalue weighted by molar-refractivity contribution is 6.29. The number of halogens is 3. The molecule has 19 heavy (non-hydrogen) atoms. The summed E-state index contributed by atoms with van der Waals surface area (Å²) in [6.45, 7) is 0. The van der Waals surface area contributed by atoms with Crippen molar-refractivity contribution in [2.24, 2.45) is 0 Å². The minimum Gasteiger partial charge on any atom is -0.266 e. The van der Waals surface area contributed by atoms with Crippen molar-refractivity contribution in [2.75, 3.05) is 0 Å². The van der Waals surface area contributed by atoms with Crippen LogP contribution in [0, 0.1) is 11.6 Å². The highest BCUT2D eigenvalue weighted by atomic mass is 35.5. The molecule has 0 bridgehead atoms. The summed E-state index contributed by atoms with van der Waals surface area (Å²) in [7, 11) is 0. The molecular formula is C12H7ClF2N4. The van der Waals surface area contributed by atoms with E-state index in [4.69, 9.17) is 11.6 Å². The van der Waals surface area contributed by atoms with E-state index in [9.17, 15) is 8.78 Å². The Morgan fingerprint density at radius 1 is 1.11 bits per heavy atom. The summed E-state index contributed by atoms with van der Waals surface area (Å²) in [5.74, 6) is -1.23. The van der Waals surface area contributed by atoms with E-state index in [1.54, 1.807) is 4.40 Å². The molecule has 0 atom stereocenters. The molecule has 2 heterocycles. The molecule has 7 heteroatoms. The molecule has 2 aromatic heterocycles. The molecular weight excluding hydrogens is 274 g/mol. The van der Waals surface area contributed by atoms with Crippen molar-refractivity contribution in [3.8, 4) is 0 Å². The number of rotatable bonds is 2. The number of hydrogen-bond donors (Lipinski definition) is 0. The summed E-state index contributed by atoms with van der Waals surface area (Å²) in [6, 6.07) is 3.71. The normalized spacial score (nSPS) is 11.1. The average molecular weight is 281 g/mol. The number of nitrogens with zero attached hydrogens (tertiary/aromatic N) is 4. The third kappa shape index (κ3) is 2.15. The lowest BCUT2D eigenvalue weighted by molar-refractivity contribution is 0.507. The average Bonchev–Trinajstić information content (AvgIpc) is 2.79. The molecule has 0 aliphatic carbocycles. The van der Waals surface area contributed by atoms with Gasteiger partial charge in [-0.25, -0.2) is 8.78 Å². The van der Waals surface area contributed by atoms with E-state index < -0.39 is 11.6 Å². The van der Waals surface area contributed by atoms with Crippen LogP contribution in [0.25, 0.3) is 5.65 Å². The number of fused-ring (bicyclic) bond motifs is 1. The second-order valence-corrected chi connectivity index (χ2v) is 4.35. The zero-order valence-corrected chi connectivity index (χ0v) is 10.3. The topological polar surface area (TPSA) is 43.1 Å². The Morgan fingerprint density at radius 2 is 1.95 bits per heavy atom. The maximum absolute atomic E-state index is 13.1. The number of aromatic nitrogens is 4. The maximum atomic E-state index is 13.1. The fourth-order valence-corrected chi connectivity index (χ4v) is 2.06. The second kappa shape index (κ2) is 4.55. The minimum atomic E-state index is -0.890. The van der Waals surface area contributed by atoms with Gasteiger partial charge in [-0.2, -0.15) is 0 Å². The Hall–Kier alpha value is -2.08. The van der Waals surface area contributed by atoms with Crippen LogP contribution in [0.5, 0.6) is 0 Å². The summed E-state index contributed by atoms with van der Waals surface area (Å²) in [6.07, 6.45) is 3.28. The third-order valence-electron chi connectivity index (χ3n) is 2.69. The molecule has 0 N–H and O–H groups in total. The predicted molar refractivity (Wildman–Crippen MR) is 65.0 cm³/mol. The first kappa shape index (κ1) is 12.0. The van der Waals surface area contributed by atoms with Crippen molar-refractivity contribution in [3.63, 3.8) is 0 Å². The molecule has 3 aromatic rings. The number of benzene rings is 1. The van der Waals surface area contributed by atoms with E-state index >= 15 is 0 Å². The molecule has 0 saturated heterocycles. The summed E-state index contributed by atoms with van der Waals surface area (Å²) in [5.41, 5.74) is 1.09. The molecule has 0 radical (unpaired) electrons. The van der Waals surface area contributed by atoms with Gasteiger partial charge in [0.05, 0.1) is 12.4 Å². The molecule has 0 aliphatic rings. The quantitative estimate of drug-likeness (QED) is 0.725. The van der Waals surface area contributed by atoms with E-state index in [2.05, 4.69) is 15.2 Å². The van der Waals surface area contributed by atoms with Gasteiger partial charge >= 0.3 is 0 Å². The first-order valence-electron chi connectivity index (χ1n) is 5.42. The molecule has 4 nitrogen and oxygen atoms in total. The Morgan fingerprint density at radius 3 is 2.74 bits per heavy atom. The standard InChI is InChI=1S/C12H7ClF2N4/c13-10-5-16-6-12-18-17-11(19(10)12)4-7-1-2-8(14)9(15)3-7/h1-3,5-6H,4H2. The third-order valence-corrected chi connectivity index (χ3v) is 2.95. The Labute approximate surface area is 111 Å². The summed E-state index contributed by atoms with van der Waals surface area (Å²) in [4.78, 5) is 3.89. The zero-order valence-electron chi connectivity index (χ0n) is 9.52. The molecule has 1 aromatic carbocycles. The molecule has 0 amide bonds. The highest BCUT2D eigenvalue weighted by Crippen LogP contribution is 2.16. The lowest BCUT2D eigenvalue weighted by Crippen LogP contribution is -1.99. The fourth-order valence-electron chi connectivity index (χ4n) is 1.82. The predicted octanol–water partition coefficient (Wildman–Crippen LogP) is 2.65. The maximum Gasteiger partial charge on any atom is 0.180 e. The minimum absolute atomic E-state index is 0.294. The van der Waals surface area contributed by atoms with Gasteiger partial charge in [-0.1, -0.05) is 17.7 Å². The number of hydrogen-bond acceptors (Lipinski definition) is 3. The summed E-state index contributed by atoms with van der Waals surface area (Å²) in [5, 5.41) is 8.25. The molecule has 0 unspecified atom stereocenters. The van der Waals surface area contributed by atoms with E-state index in [1.165, 1.54) is 18.5 Å². The molecule has 0 spiro atoms. The Kier molecular flexibility index (Phi) is 2.87. The fraction of sp³-hybridized carbons (Fsp3) is 0.0833. The van der Waals surface area contributed by atoms with Crippen LogP contribution in [0.15, 0.2) is 30.6 Å². The van der Waals surface area contributed by atoms with Crippen molar-refractivity contribution in [3.05, 3.63) is 58.8 Å². The largest absolute Gasteiger partial charge is 0.266 e. The van der Waals surface area contributed by atoms with Crippen molar-refractivity contribution < 1.29 is 8.78 Å². The lowest BCUT2D eigenvalue weighted by Gasteiger charge is -2.02. The Balaban J connectivity index is 2.03.